The van der Waals surface area contributed by atoms with E-state index in [1.807, 2.05) is 30.3 Å². The molecule has 1 amide bonds. The molecule has 0 aliphatic carbocycles. The predicted molar refractivity (Wildman–Crippen MR) is 96.0 cm³/mol. The Bertz CT molecular complexity index is 817. The molecular formula is C17H18N4O3S. The number of nitrogens with one attached hydrogen (secondary N) is 1. The minimum absolute atomic E-state index is 0.342. The molecule has 0 fully saturated rings. The third-order valence-electron chi connectivity index (χ3n) is 3.82. The molecule has 2 heterocycles. The molecule has 0 bridgehead atoms. The summed E-state index contributed by atoms with van der Waals surface area (Å²) >= 11 is 1.18. The minimum Gasteiger partial charge on any atom is -0.452 e. The van der Waals surface area contributed by atoms with Crippen molar-refractivity contribution in [1.82, 2.24) is 9.38 Å². The molecule has 0 unspecified atom stereocenters. The Labute approximate surface area is 149 Å². The Kier molecular flexibility index (Phi) is 5.08. The first-order valence-electron chi connectivity index (χ1n) is 7.84. The average Bonchev–Trinajstić information content (AvgIpc) is 3.27. The summed E-state index contributed by atoms with van der Waals surface area (Å²) in [6.07, 6.45) is 0.682. The standard InChI is InChI=1S/C17H18N4O3S/c1-11-15(16(18-2)25-20-11)17(23)24-10-14(22)21-9-8-13(19-21)12-6-4-3-5-7-12/h3-7,18H,8-10H2,1-2H3. The van der Waals surface area contributed by atoms with Crippen LogP contribution in [-0.4, -0.2) is 47.2 Å². The highest BCUT2D eigenvalue weighted by Crippen LogP contribution is 2.24. The van der Waals surface area contributed by atoms with Crippen molar-refractivity contribution in [1.29, 1.82) is 0 Å². The number of hydrogen-bond acceptors (Lipinski definition) is 7. The number of benzene rings is 1. The maximum Gasteiger partial charge on any atom is 0.343 e. The molecule has 8 heteroatoms. The lowest BCUT2D eigenvalue weighted by Crippen LogP contribution is -2.29. The highest BCUT2D eigenvalue weighted by atomic mass is 32.1. The number of hydrogen-bond donors (Lipinski definition) is 1. The zero-order valence-electron chi connectivity index (χ0n) is 14.0. The van der Waals surface area contributed by atoms with Crippen LogP contribution in [-0.2, 0) is 9.53 Å². The summed E-state index contributed by atoms with van der Waals surface area (Å²) in [7, 11) is 1.71. The van der Waals surface area contributed by atoms with Gasteiger partial charge in [-0.15, -0.1) is 0 Å². The van der Waals surface area contributed by atoms with Crippen molar-refractivity contribution in [3.8, 4) is 0 Å². The summed E-state index contributed by atoms with van der Waals surface area (Å²) in [4.78, 5) is 24.5. The highest BCUT2D eigenvalue weighted by Gasteiger charge is 2.24. The predicted octanol–water partition coefficient (Wildman–Crippen LogP) is 2.29. The van der Waals surface area contributed by atoms with Crippen molar-refractivity contribution < 1.29 is 14.3 Å². The topological polar surface area (TPSA) is 83.9 Å². The summed E-state index contributed by atoms with van der Waals surface area (Å²) in [5, 5.41) is 9.22. The van der Waals surface area contributed by atoms with E-state index in [2.05, 4.69) is 14.8 Å². The molecule has 0 saturated heterocycles. The van der Waals surface area contributed by atoms with E-state index in [0.29, 0.717) is 29.2 Å². The third-order valence-corrected chi connectivity index (χ3v) is 4.77. The number of ether oxygens (including phenoxy) is 1. The van der Waals surface area contributed by atoms with Crippen LogP contribution in [0.4, 0.5) is 5.00 Å². The molecule has 25 heavy (non-hydrogen) atoms. The molecule has 1 aromatic carbocycles. The van der Waals surface area contributed by atoms with Gasteiger partial charge in [-0.1, -0.05) is 30.3 Å². The van der Waals surface area contributed by atoms with Crippen LogP contribution in [0.15, 0.2) is 35.4 Å². The summed E-state index contributed by atoms with van der Waals surface area (Å²) in [5.74, 6) is -0.901. The van der Waals surface area contributed by atoms with Crippen LogP contribution >= 0.6 is 11.5 Å². The van der Waals surface area contributed by atoms with Crippen molar-refractivity contribution in [2.45, 2.75) is 13.3 Å². The number of carbonyl (C=O) groups excluding carboxylic acids is 2. The minimum atomic E-state index is -0.560. The fourth-order valence-corrected chi connectivity index (χ4v) is 3.26. The number of rotatable bonds is 5. The molecule has 0 radical (unpaired) electrons. The average molecular weight is 358 g/mol. The Hall–Kier alpha value is -2.74. The van der Waals surface area contributed by atoms with Crippen molar-refractivity contribution in [2.75, 3.05) is 25.5 Å². The monoisotopic (exact) mass is 358 g/mol. The van der Waals surface area contributed by atoms with Gasteiger partial charge < -0.3 is 10.1 Å². The molecular weight excluding hydrogens is 340 g/mol. The first-order valence-corrected chi connectivity index (χ1v) is 8.62. The van der Waals surface area contributed by atoms with Crippen molar-refractivity contribution in [3.63, 3.8) is 0 Å². The van der Waals surface area contributed by atoms with Crippen LogP contribution in [0.3, 0.4) is 0 Å². The van der Waals surface area contributed by atoms with Gasteiger partial charge in [0.2, 0.25) is 0 Å². The lowest BCUT2D eigenvalue weighted by Gasteiger charge is -2.11. The first-order chi connectivity index (χ1) is 12.1. The summed E-state index contributed by atoms with van der Waals surface area (Å²) in [6, 6.07) is 9.71. The van der Waals surface area contributed by atoms with Gasteiger partial charge in [0, 0.05) is 13.5 Å². The molecule has 0 spiro atoms. The Morgan fingerprint density at radius 2 is 2.08 bits per heavy atom. The maximum atomic E-state index is 12.2. The van der Waals surface area contributed by atoms with Crippen molar-refractivity contribution in [2.24, 2.45) is 5.10 Å². The van der Waals surface area contributed by atoms with Gasteiger partial charge in [0.1, 0.15) is 10.6 Å². The molecule has 130 valence electrons. The fourth-order valence-electron chi connectivity index (χ4n) is 2.53. The Morgan fingerprint density at radius 1 is 1.32 bits per heavy atom. The van der Waals surface area contributed by atoms with E-state index in [1.54, 1.807) is 14.0 Å². The Balaban J connectivity index is 1.61. The molecule has 0 atom stereocenters. The second-order valence-corrected chi connectivity index (χ2v) is 6.25. The molecule has 2 aromatic rings. The van der Waals surface area contributed by atoms with Crippen LogP contribution < -0.4 is 5.32 Å². The summed E-state index contributed by atoms with van der Waals surface area (Å²) < 4.78 is 9.27. The van der Waals surface area contributed by atoms with Gasteiger partial charge in [0.05, 0.1) is 18.0 Å². The zero-order chi connectivity index (χ0) is 17.8. The summed E-state index contributed by atoms with van der Waals surface area (Å²) in [6.45, 7) is 1.87. The summed E-state index contributed by atoms with van der Waals surface area (Å²) in [5.41, 5.74) is 2.80. The largest absolute Gasteiger partial charge is 0.452 e. The number of carbonyl (C=O) groups is 2. The van der Waals surface area contributed by atoms with Gasteiger partial charge in [-0.2, -0.15) is 9.47 Å². The lowest BCUT2D eigenvalue weighted by atomic mass is 10.1. The van der Waals surface area contributed by atoms with Gasteiger partial charge in [-0.25, -0.2) is 9.80 Å². The van der Waals surface area contributed by atoms with Crippen molar-refractivity contribution in [3.05, 3.63) is 47.2 Å². The van der Waals surface area contributed by atoms with E-state index in [1.165, 1.54) is 16.5 Å². The van der Waals surface area contributed by atoms with E-state index < -0.39 is 5.97 Å². The number of esters is 1. The van der Waals surface area contributed by atoms with E-state index >= 15 is 0 Å². The van der Waals surface area contributed by atoms with Gasteiger partial charge >= 0.3 is 5.97 Å². The van der Waals surface area contributed by atoms with Crippen LogP contribution in [0.5, 0.6) is 0 Å². The quantitative estimate of drug-likeness (QED) is 0.829. The van der Waals surface area contributed by atoms with E-state index in [0.717, 1.165) is 11.3 Å². The van der Waals surface area contributed by atoms with E-state index in [9.17, 15) is 9.59 Å². The number of nitrogens with zero attached hydrogens (tertiary/aromatic N) is 3. The number of anilines is 1. The number of amides is 1. The second kappa shape index (κ2) is 7.43. The number of aromatic nitrogens is 1. The highest BCUT2D eigenvalue weighted by molar-refractivity contribution is 7.10. The van der Waals surface area contributed by atoms with Gasteiger partial charge in [0.15, 0.2) is 6.61 Å². The fraction of sp³-hybridized carbons (Fsp3) is 0.294. The molecule has 7 nitrogen and oxygen atoms in total. The van der Waals surface area contributed by atoms with Crippen LogP contribution in [0.2, 0.25) is 0 Å². The van der Waals surface area contributed by atoms with Crippen LogP contribution in [0.1, 0.15) is 28.0 Å². The molecule has 1 aliphatic rings. The maximum absolute atomic E-state index is 12.2. The molecule has 1 aliphatic heterocycles. The number of aryl methyl sites for hydroxylation is 1. The molecule has 1 aromatic heterocycles. The lowest BCUT2D eigenvalue weighted by molar-refractivity contribution is -0.134. The molecule has 0 saturated carbocycles. The molecule has 1 N–H and O–H groups in total. The first kappa shape index (κ1) is 17.1. The smallest absolute Gasteiger partial charge is 0.343 e. The van der Waals surface area contributed by atoms with Gasteiger partial charge in [-0.3, -0.25) is 4.79 Å². The van der Waals surface area contributed by atoms with E-state index in [-0.39, 0.29) is 12.5 Å². The van der Waals surface area contributed by atoms with Crippen LogP contribution in [0, 0.1) is 6.92 Å². The zero-order valence-corrected chi connectivity index (χ0v) is 14.8. The van der Waals surface area contributed by atoms with Gasteiger partial charge in [0.25, 0.3) is 5.91 Å². The molecule has 3 rings (SSSR count). The second-order valence-electron chi connectivity index (χ2n) is 5.48. The number of hydrazone groups is 1. The van der Waals surface area contributed by atoms with Gasteiger partial charge in [-0.05, 0) is 24.0 Å². The van der Waals surface area contributed by atoms with E-state index in [4.69, 9.17) is 4.74 Å². The SMILES string of the molecule is CNc1snc(C)c1C(=O)OCC(=O)N1CCC(c2ccccc2)=N1. The van der Waals surface area contributed by atoms with Crippen molar-refractivity contribution >= 4 is 34.1 Å². The Morgan fingerprint density at radius 3 is 2.80 bits per heavy atom. The third kappa shape index (κ3) is 3.69. The normalized spacial score (nSPS) is 13.5. The van der Waals surface area contributed by atoms with Crippen LogP contribution in [0.25, 0.3) is 0 Å².